The van der Waals surface area contributed by atoms with Crippen LogP contribution in [0.1, 0.15) is 11.1 Å². The largest absolute Gasteiger partial charge is 0.361 e. The molecule has 158 valence electrons. The Morgan fingerprint density at radius 3 is 2.71 bits per heavy atom. The van der Waals surface area contributed by atoms with Gasteiger partial charge in [-0.3, -0.25) is 10.7 Å². The van der Waals surface area contributed by atoms with Gasteiger partial charge in [-0.2, -0.15) is 0 Å². The summed E-state index contributed by atoms with van der Waals surface area (Å²) in [7, 11) is 0. The summed E-state index contributed by atoms with van der Waals surface area (Å²) < 4.78 is 46.9. The van der Waals surface area contributed by atoms with Crippen molar-refractivity contribution >= 4 is 39.3 Å². The fourth-order valence-electron chi connectivity index (χ4n) is 3.56. The number of H-pyrrole nitrogens is 1. The Hall–Kier alpha value is -2.95. The third kappa shape index (κ3) is 3.78. The van der Waals surface area contributed by atoms with Crippen molar-refractivity contribution < 1.29 is 17.9 Å². The second-order valence-electron chi connectivity index (χ2n) is 7.09. The van der Waals surface area contributed by atoms with E-state index >= 15 is 0 Å². The molecule has 2 aromatic carbocycles. The maximum atomic E-state index is 13.7. The molecule has 0 spiro atoms. The maximum absolute atomic E-state index is 13.7. The number of rotatable bonds is 5. The van der Waals surface area contributed by atoms with E-state index in [0.29, 0.717) is 23.1 Å². The minimum absolute atomic E-state index is 0.0680. The molecule has 2 aliphatic heterocycles. The molecular weight excluding hydrogens is 427 g/mol. The second kappa shape index (κ2) is 7.63. The third-order valence-corrected chi connectivity index (χ3v) is 5.81. The molecule has 1 aromatic heterocycles. The Morgan fingerprint density at radius 1 is 1.10 bits per heavy atom. The maximum Gasteiger partial charge on any atom is 0.262 e. The van der Waals surface area contributed by atoms with Gasteiger partial charge in [-0.25, -0.2) is 23.2 Å². The predicted molar refractivity (Wildman–Crippen MR) is 115 cm³/mol. The van der Waals surface area contributed by atoms with Crippen molar-refractivity contribution in [3.63, 3.8) is 0 Å². The van der Waals surface area contributed by atoms with Crippen molar-refractivity contribution in [1.29, 1.82) is 0 Å². The molecule has 1 atom stereocenters. The average molecular weight is 443 g/mol. The van der Waals surface area contributed by atoms with Gasteiger partial charge < -0.3 is 9.72 Å². The summed E-state index contributed by atoms with van der Waals surface area (Å²) in [5.74, 6) is -2.99. The minimum Gasteiger partial charge on any atom is -0.361 e. The van der Waals surface area contributed by atoms with Crippen LogP contribution >= 0.6 is 11.8 Å². The molecular formula is C21H16F3N5OS. The molecule has 0 bridgehead atoms. The average Bonchev–Trinajstić information content (AvgIpc) is 3.35. The smallest absolute Gasteiger partial charge is 0.262 e. The quantitative estimate of drug-likeness (QED) is 0.589. The molecule has 3 N–H and O–H groups in total. The van der Waals surface area contributed by atoms with Crippen LogP contribution in [0.3, 0.4) is 0 Å². The molecule has 10 heteroatoms. The summed E-state index contributed by atoms with van der Waals surface area (Å²) in [4.78, 5) is 16.1. The Labute approximate surface area is 179 Å². The molecule has 0 saturated heterocycles. The first-order valence-corrected chi connectivity index (χ1v) is 10.4. The van der Waals surface area contributed by atoms with E-state index in [1.54, 1.807) is 12.3 Å². The lowest BCUT2D eigenvalue weighted by Crippen LogP contribution is -2.53. The van der Waals surface area contributed by atoms with Crippen molar-refractivity contribution in [1.82, 2.24) is 4.98 Å². The normalized spacial score (nSPS) is 20.5. The molecule has 0 amide bonds. The summed E-state index contributed by atoms with van der Waals surface area (Å²) >= 11 is 1.34. The standard InChI is InChI=1S/C21H16F3N5OS/c22-13-1-2-17-16(8-13)11(9-26-17)3-4-30-21(25)18-20(31-10-27-18)28-19(29-21)12-5-14(23)7-15(24)6-12/h1-2,5-9,26H,3-4,10,25H2. The lowest BCUT2D eigenvalue weighted by atomic mass is 10.1. The Balaban J connectivity index is 1.41. The van der Waals surface area contributed by atoms with Crippen molar-refractivity contribution in [2.24, 2.45) is 20.7 Å². The lowest BCUT2D eigenvalue weighted by molar-refractivity contribution is 0.0216. The van der Waals surface area contributed by atoms with E-state index in [-0.39, 0.29) is 23.8 Å². The Morgan fingerprint density at radius 2 is 1.90 bits per heavy atom. The Kier molecular flexibility index (Phi) is 4.92. The van der Waals surface area contributed by atoms with E-state index < -0.39 is 17.5 Å². The van der Waals surface area contributed by atoms with Crippen LogP contribution < -0.4 is 5.73 Å². The molecule has 3 heterocycles. The highest BCUT2D eigenvalue weighted by atomic mass is 32.2. The fourth-order valence-corrected chi connectivity index (χ4v) is 4.38. The van der Waals surface area contributed by atoms with E-state index in [4.69, 9.17) is 10.5 Å². The van der Waals surface area contributed by atoms with E-state index in [1.165, 1.54) is 23.9 Å². The summed E-state index contributed by atoms with van der Waals surface area (Å²) in [5, 5.41) is 1.26. The van der Waals surface area contributed by atoms with Gasteiger partial charge in [0.1, 0.15) is 28.2 Å². The summed E-state index contributed by atoms with van der Waals surface area (Å²) in [6.45, 7) is 0.158. The first-order chi connectivity index (χ1) is 14.9. The fraction of sp³-hybridized carbons (Fsp3) is 0.190. The number of nitrogens with two attached hydrogens (primary N) is 1. The Bertz CT molecular complexity index is 1270. The number of nitrogens with zero attached hydrogens (tertiary/aromatic N) is 3. The van der Waals surface area contributed by atoms with Crippen LogP contribution in [0.15, 0.2) is 57.6 Å². The molecule has 31 heavy (non-hydrogen) atoms. The van der Waals surface area contributed by atoms with Gasteiger partial charge in [0, 0.05) is 28.7 Å². The van der Waals surface area contributed by atoms with Crippen molar-refractivity contribution in [2.75, 3.05) is 12.5 Å². The van der Waals surface area contributed by atoms with Gasteiger partial charge in [0.2, 0.25) is 0 Å². The number of halogens is 3. The molecule has 0 fully saturated rings. The summed E-state index contributed by atoms with van der Waals surface area (Å²) in [6.07, 6.45) is 2.23. The summed E-state index contributed by atoms with van der Waals surface area (Å²) in [5.41, 5.74) is 8.65. The monoisotopic (exact) mass is 443 g/mol. The van der Waals surface area contributed by atoms with Gasteiger partial charge in [0.05, 0.1) is 12.5 Å². The first kappa shape index (κ1) is 20.0. The summed E-state index contributed by atoms with van der Waals surface area (Å²) in [6, 6.07) is 7.55. The number of ether oxygens (including phenoxy) is 1. The van der Waals surface area contributed by atoms with E-state index in [2.05, 4.69) is 20.0 Å². The number of hydrogen-bond acceptors (Lipinski definition) is 6. The van der Waals surface area contributed by atoms with Crippen LogP contribution in [-0.2, 0) is 11.2 Å². The highest BCUT2D eigenvalue weighted by molar-refractivity contribution is 8.16. The molecule has 0 saturated carbocycles. The molecule has 3 aromatic rings. The molecule has 0 aliphatic carbocycles. The van der Waals surface area contributed by atoms with Gasteiger partial charge in [0.15, 0.2) is 5.84 Å². The topological polar surface area (TPSA) is 88.1 Å². The van der Waals surface area contributed by atoms with Crippen molar-refractivity contribution in [3.05, 3.63) is 71.2 Å². The van der Waals surface area contributed by atoms with Gasteiger partial charge in [-0.05, 0) is 42.3 Å². The number of fused-ring (bicyclic) bond motifs is 2. The number of thioether (sulfide) groups is 1. The SMILES string of the molecule is NC1(OCCc2c[nH]c3ccc(F)cc23)N=C(c2cc(F)cc(F)c2)N=C2SCN=C21. The first-order valence-electron chi connectivity index (χ1n) is 9.43. The number of hydrogen-bond donors (Lipinski definition) is 2. The zero-order chi connectivity index (χ0) is 21.6. The molecule has 6 nitrogen and oxygen atoms in total. The van der Waals surface area contributed by atoms with E-state index in [1.807, 2.05) is 0 Å². The van der Waals surface area contributed by atoms with Gasteiger partial charge in [0.25, 0.3) is 5.85 Å². The zero-order valence-corrected chi connectivity index (χ0v) is 16.8. The van der Waals surface area contributed by atoms with Crippen LogP contribution in [-0.4, -0.2) is 39.9 Å². The number of aromatic nitrogens is 1. The highest BCUT2D eigenvalue weighted by Gasteiger charge is 2.42. The van der Waals surface area contributed by atoms with Crippen molar-refractivity contribution in [3.8, 4) is 0 Å². The van der Waals surface area contributed by atoms with Gasteiger partial charge in [-0.15, -0.1) is 0 Å². The molecule has 5 rings (SSSR count). The van der Waals surface area contributed by atoms with Gasteiger partial charge in [-0.1, -0.05) is 11.8 Å². The minimum atomic E-state index is -1.64. The highest BCUT2D eigenvalue weighted by Crippen LogP contribution is 2.29. The van der Waals surface area contributed by atoms with Crippen molar-refractivity contribution in [2.45, 2.75) is 12.3 Å². The third-order valence-electron chi connectivity index (χ3n) is 4.99. The van der Waals surface area contributed by atoms with Crippen LogP contribution in [0.5, 0.6) is 0 Å². The number of aromatic amines is 1. The molecule has 1 unspecified atom stereocenters. The predicted octanol–water partition coefficient (Wildman–Crippen LogP) is 3.76. The van der Waals surface area contributed by atoms with Crippen LogP contribution in [0.2, 0.25) is 0 Å². The van der Waals surface area contributed by atoms with E-state index in [0.717, 1.165) is 34.7 Å². The molecule has 0 radical (unpaired) electrons. The lowest BCUT2D eigenvalue weighted by Gasteiger charge is -2.29. The van der Waals surface area contributed by atoms with Crippen LogP contribution in [0.25, 0.3) is 10.9 Å². The van der Waals surface area contributed by atoms with E-state index in [9.17, 15) is 13.2 Å². The van der Waals surface area contributed by atoms with Crippen LogP contribution in [0.4, 0.5) is 13.2 Å². The van der Waals surface area contributed by atoms with Crippen LogP contribution in [0, 0.1) is 17.5 Å². The molecule has 2 aliphatic rings. The second-order valence-corrected chi connectivity index (χ2v) is 8.02. The number of nitrogens with one attached hydrogen (secondary N) is 1. The number of amidine groups is 1. The number of aliphatic imine (C=N–C) groups is 3. The van der Waals surface area contributed by atoms with Gasteiger partial charge >= 0.3 is 0 Å². The number of benzene rings is 2. The zero-order valence-electron chi connectivity index (χ0n) is 16.0.